The molecule has 2 N–H and O–H groups in total. The zero-order chi connectivity index (χ0) is 20.9. The van der Waals surface area contributed by atoms with Crippen molar-refractivity contribution in [1.29, 1.82) is 0 Å². The molecule has 0 aliphatic carbocycles. The fraction of sp³-hybridized carbons (Fsp3) is 0.0909. The summed E-state index contributed by atoms with van der Waals surface area (Å²) < 4.78 is 7.19. The molecule has 0 saturated heterocycles. The summed E-state index contributed by atoms with van der Waals surface area (Å²) in [5.74, 6) is 0.762. The Labute approximate surface area is 172 Å². The van der Waals surface area contributed by atoms with Crippen LogP contribution in [-0.4, -0.2) is 30.8 Å². The van der Waals surface area contributed by atoms with Crippen LogP contribution in [0, 0.1) is 6.92 Å². The predicted octanol–water partition coefficient (Wildman–Crippen LogP) is 3.40. The molecule has 0 bridgehead atoms. The number of amides is 1. The van der Waals surface area contributed by atoms with E-state index in [-0.39, 0.29) is 18.1 Å². The Bertz CT molecular complexity index is 1140. The van der Waals surface area contributed by atoms with Crippen molar-refractivity contribution >= 4 is 5.91 Å². The number of aromatic hydroxyl groups is 1. The fourth-order valence-corrected chi connectivity index (χ4v) is 2.72. The van der Waals surface area contributed by atoms with Crippen LogP contribution in [0.5, 0.6) is 17.4 Å². The molecule has 0 aliphatic heterocycles. The molecule has 2 aromatic heterocycles. The Morgan fingerprint density at radius 3 is 2.43 bits per heavy atom. The molecule has 4 rings (SSSR count). The van der Waals surface area contributed by atoms with E-state index >= 15 is 0 Å². The normalized spacial score (nSPS) is 10.6. The summed E-state index contributed by atoms with van der Waals surface area (Å²) in [6.07, 6.45) is 4.48. The molecule has 0 aliphatic rings. The van der Waals surface area contributed by atoms with Gasteiger partial charge in [0, 0.05) is 25.1 Å². The predicted molar refractivity (Wildman–Crippen MR) is 110 cm³/mol. The Morgan fingerprint density at radius 1 is 1.10 bits per heavy atom. The van der Waals surface area contributed by atoms with Gasteiger partial charge in [-0.15, -0.1) is 0 Å². The molecule has 4 aromatic rings. The van der Waals surface area contributed by atoms with E-state index in [4.69, 9.17) is 4.74 Å². The van der Waals surface area contributed by atoms with Gasteiger partial charge in [-0.05, 0) is 42.8 Å². The number of aryl methyl sites for hydroxylation is 1. The van der Waals surface area contributed by atoms with Crippen LogP contribution in [0.2, 0.25) is 0 Å². The van der Waals surface area contributed by atoms with Crippen LogP contribution in [0.4, 0.5) is 0 Å². The molecule has 0 saturated carbocycles. The summed E-state index contributed by atoms with van der Waals surface area (Å²) in [5.41, 5.74) is 2.04. The number of hydrogen-bond acceptors (Lipinski definition) is 6. The van der Waals surface area contributed by atoms with E-state index in [0.717, 1.165) is 11.3 Å². The molecule has 2 heterocycles. The molecular formula is C22H19N5O3. The van der Waals surface area contributed by atoms with Gasteiger partial charge in [0.25, 0.3) is 11.9 Å². The highest BCUT2D eigenvalue weighted by Gasteiger charge is 2.15. The molecule has 1 amide bonds. The van der Waals surface area contributed by atoms with Gasteiger partial charge in [-0.3, -0.25) is 4.79 Å². The second-order valence-electron chi connectivity index (χ2n) is 6.60. The summed E-state index contributed by atoms with van der Waals surface area (Å²) in [5, 5.41) is 16.8. The SMILES string of the molecule is Cc1ccc(Oc2ccc(CNC(=O)c3cnc(-n4cccn4)nc3O)cc2)cc1. The molecule has 0 atom stereocenters. The van der Waals surface area contributed by atoms with E-state index in [0.29, 0.717) is 5.75 Å². The molecule has 150 valence electrons. The minimum atomic E-state index is -0.473. The number of carbonyl (C=O) groups is 1. The van der Waals surface area contributed by atoms with E-state index < -0.39 is 11.8 Å². The van der Waals surface area contributed by atoms with Gasteiger partial charge in [0.1, 0.15) is 17.1 Å². The topological polar surface area (TPSA) is 102 Å². The van der Waals surface area contributed by atoms with Crippen LogP contribution in [-0.2, 0) is 6.54 Å². The van der Waals surface area contributed by atoms with Crippen molar-refractivity contribution in [3.05, 3.63) is 89.9 Å². The summed E-state index contributed by atoms with van der Waals surface area (Å²) in [6, 6.07) is 16.9. The van der Waals surface area contributed by atoms with E-state index in [1.807, 2.05) is 55.5 Å². The third-order valence-corrected chi connectivity index (χ3v) is 4.34. The Balaban J connectivity index is 1.36. The van der Waals surface area contributed by atoms with Crippen molar-refractivity contribution in [3.8, 4) is 23.3 Å². The molecule has 0 spiro atoms. The summed E-state index contributed by atoms with van der Waals surface area (Å²) in [4.78, 5) is 20.4. The minimum Gasteiger partial charge on any atom is -0.493 e. The largest absolute Gasteiger partial charge is 0.493 e. The molecule has 30 heavy (non-hydrogen) atoms. The molecule has 2 aromatic carbocycles. The van der Waals surface area contributed by atoms with E-state index in [1.165, 1.54) is 16.4 Å². The number of nitrogens with one attached hydrogen (secondary N) is 1. The lowest BCUT2D eigenvalue weighted by molar-refractivity contribution is 0.0947. The lowest BCUT2D eigenvalue weighted by Crippen LogP contribution is -2.23. The lowest BCUT2D eigenvalue weighted by atomic mass is 10.2. The molecule has 0 fully saturated rings. The number of carbonyl (C=O) groups excluding carboxylic acids is 1. The van der Waals surface area contributed by atoms with E-state index in [1.54, 1.807) is 18.5 Å². The van der Waals surface area contributed by atoms with Gasteiger partial charge in [0.05, 0.1) is 0 Å². The average Bonchev–Trinajstić information content (AvgIpc) is 3.29. The van der Waals surface area contributed by atoms with Gasteiger partial charge in [-0.25, -0.2) is 9.67 Å². The van der Waals surface area contributed by atoms with Gasteiger partial charge in [0.2, 0.25) is 5.88 Å². The first-order chi connectivity index (χ1) is 14.6. The van der Waals surface area contributed by atoms with Gasteiger partial charge < -0.3 is 15.2 Å². The zero-order valence-corrected chi connectivity index (χ0v) is 16.2. The van der Waals surface area contributed by atoms with Gasteiger partial charge in [0.15, 0.2) is 0 Å². The first-order valence-corrected chi connectivity index (χ1v) is 9.26. The first kappa shape index (κ1) is 19.1. The number of nitrogens with zero attached hydrogens (tertiary/aromatic N) is 4. The van der Waals surface area contributed by atoms with Crippen LogP contribution in [0.3, 0.4) is 0 Å². The minimum absolute atomic E-state index is 0.00905. The quantitative estimate of drug-likeness (QED) is 0.513. The van der Waals surface area contributed by atoms with Crippen molar-refractivity contribution in [2.75, 3.05) is 0 Å². The van der Waals surface area contributed by atoms with Crippen LogP contribution in [0.1, 0.15) is 21.5 Å². The van der Waals surface area contributed by atoms with Crippen LogP contribution >= 0.6 is 0 Å². The van der Waals surface area contributed by atoms with Crippen LogP contribution in [0.25, 0.3) is 5.95 Å². The van der Waals surface area contributed by atoms with Crippen molar-refractivity contribution in [2.45, 2.75) is 13.5 Å². The highest BCUT2D eigenvalue weighted by atomic mass is 16.5. The van der Waals surface area contributed by atoms with Crippen molar-refractivity contribution in [3.63, 3.8) is 0 Å². The molecule has 0 unspecified atom stereocenters. The first-order valence-electron chi connectivity index (χ1n) is 9.26. The van der Waals surface area contributed by atoms with Gasteiger partial charge in [-0.2, -0.15) is 10.1 Å². The smallest absolute Gasteiger partial charge is 0.258 e. The van der Waals surface area contributed by atoms with Crippen LogP contribution < -0.4 is 10.1 Å². The number of benzene rings is 2. The van der Waals surface area contributed by atoms with Crippen molar-refractivity contribution in [2.24, 2.45) is 0 Å². The summed E-state index contributed by atoms with van der Waals surface area (Å²) >= 11 is 0. The van der Waals surface area contributed by atoms with Crippen molar-refractivity contribution < 1.29 is 14.6 Å². The third-order valence-electron chi connectivity index (χ3n) is 4.34. The summed E-state index contributed by atoms with van der Waals surface area (Å²) in [6.45, 7) is 2.30. The molecule has 0 radical (unpaired) electrons. The molecule has 8 nitrogen and oxygen atoms in total. The lowest BCUT2D eigenvalue weighted by Gasteiger charge is -2.09. The van der Waals surface area contributed by atoms with Gasteiger partial charge in [-0.1, -0.05) is 29.8 Å². The maximum absolute atomic E-state index is 12.4. The Hall–Kier alpha value is -4.20. The second kappa shape index (κ2) is 8.44. The van der Waals surface area contributed by atoms with Crippen molar-refractivity contribution in [1.82, 2.24) is 25.1 Å². The maximum Gasteiger partial charge on any atom is 0.258 e. The summed E-state index contributed by atoms with van der Waals surface area (Å²) in [7, 11) is 0. The average molecular weight is 401 g/mol. The second-order valence-corrected chi connectivity index (χ2v) is 6.60. The van der Waals surface area contributed by atoms with Gasteiger partial charge >= 0.3 is 0 Å². The highest BCUT2D eigenvalue weighted by molar-refractivity contribution is 5.95. The number of rotatable bonds is 6. The Kier molecular flexibility index (Phi) is 5.38. The third kappa shape index (κ3) is 4.44. The standard InChI is InChI=1S/C22H19N5O3/c1-15-3-7-17(8-4-15)30-18-9-5-16(6-10-18)13-23-20(28)19-14-24-22(26-21(19)29)27-12-2-11-25-27/h2-12,14H,13H2,1H3,(H,23,28)(H,24,26,29). The monoisotopic (exact) mass is 401 g/mol. The Morgan fingerprint density at radius 2 is 1.80 bits per heavy atom. The number of aromatic nitrogens is 4. The zero-order valence-electron chi connectivity index (χ0n) is 16.2. The maximum atomic E-state index is 12.4. The highest BCUT2D eigenvalue weighted by Crippen LogP contribution is 2.22. The number of ether oxygens (including phenoxy) is 1. The molecular weight excluding hydrogens is 382 g/mol. The number of hydrogen-bond donors (Lipinski definition) is 2. The van der Waals surface area contributed by atoms with Crippen LogP contribution in [0.15, 0.2) is 73.2 Å². The van der Waals surface area contributed by atoms with E-state index in [2.05, 4.69) is 20.4 Å². The van der Waals surface area contributed by atoms with E-state index in [9.17, 15) is 9.90 Å². The fourth-order valence-electron chi connectivity index (χ4n) is 2.72. The molecule has 8 heteroatoms.